The van der Waals surface area contributed by atoms with Gasteiger partial charge in [0.05, 0.1) is 16.7 Å². The fourth-order valence-electron chi connectivity index (χ4n) is 3.26. The number of anilines is 1. The van der Waals surface area contributed by atoms with Gasteiger partial charge < -0.3 is 9.30 Å². The Morgan fingerprint density at radius 1 is 1.03 bits per heavy atom. The third kappa shape index (κ3) is 4.17. The highest BCUT2D eigenvalue weighted by atomic mass is 32.2. The number of aromatic nitrogens is 1. The molecule has 1 heterocycles. The van der Waals surface area contributed by atoms with E-state index in [1.807, 2.05) is 30.7 Å². The molecule has 4 rings (SSSR count). The molecule has 0 fully saturated rings. The number of rotatable bonds is 5. The van der Waals surface area contributed by atoms with Gasteiger partial charge in [0.25, 0.3) is 15.9 Å². The first-order valence-corrected chi connectivity index (χ1v) is 12.0. The number of ether oxygens (including phenoxy) is 1. The molecule has 0 aliphatic carbocycles. The maximum atomic E-state index is 12.8. The number of nitrogens with zero attached hydrogens (tertiary/aromatic N) is 2. The molecule has 0 bridgehead atoms. The van der Waals surface area contributed by atoms with Crippen LogP contribution in [0.2, 0.25) is 0 Å². The van der Waals surface area contributed by atoms with E-state index >= 15 is 0 Å². The summed E-state index contributed by atoms with van der Waals surface area (Å²) in [5.41, 5.74) is 2.67. The first-order valence-electron chi connectivity index (χ1n) is 9.70. The first-order chi connectivity index (χ1) is 15.3. The lowest BCUT2D eigenvalue weighted by molar-refractivity contribution is 0.0998. The zero-order chi connectivity index (χ0) is 22.9. The minimum atomic E-state index is -3.70. The molecule has 0 spiro atoms. The van der Waals surface area contributed by atoms with Gasteiger partial charge in [-0.2, -0.15) is 4.99 Å². The van der Waals surface area contributed by atoms with Crippen LogP contribution in [0.4, 0.5) is 5.69 Å². The second-order valence-corrected chi connectivity index (χ2v) is 9.78. The van der Waals surface area contributed by atoms with E-state index in [2.05, 4.69) is 9.71 Å². The quantitative estimate of drug-likeness (QED) is 0.479. The number of sulfonamides is 1. The standard InChI is InChI=1S/C23H21N3O4S2/c1-15-9-14-19(30-3)20-21(15)31-23(26(20)2)24-22(27)16-10-12-17(13-11-16)25-32(28,29)18-7-5-4-6-8-18/h4-14,25H,1-3H3. The Kier molecular flexibility index (Phi) is 5.86. The topological polar surface area (TPSA) is 89.8 Å². The van der Waals surface area contributed by atoms with Crippen molar-refractivity contribution in [1.82, 2.24) is 4.57 Å². The average Bonchev–Trinajstić information content (AvgIpc) is 3.12. The predicted molar refractivity (Wildman–Crippen MR) is 126 cm³/mol. The van der Waals surface area contributed by atoms with Gasteiger partial charge in [0.2, 0.25) is 0 Å². The molecule has 1 N–H and O–H groups in total. The van der Waals surface area contributed by atoms with E-state index in [1.54, 1.807) is 49.6 Å². The summed E-state index contributed by atoms with van der Waals surface area (Å²) in [6.45, 7) is 2.00. The van der Waals surface area contributed by atoms with Crippen LogP contribution < -0.4 is 14.3 Å². The number of benzene rings is 3. The van der Waals surface area contributed by atoms with Crippen LogP contribution in [0.5, 0.6) is 5.75 Å². The van der Waals surface area contributed by atoms with Crippen LogP contribution >= 0.6 is 11.3 Å². The number of amides is 1. The maximum Gasteiger partial charge on any atom is 0.279 e. The normalized spacial score (nSPS) is 12.2. The number of nitrogens with one attached hydrogen (secondary N) is 1. The highest BCUT2D eigenvalue weighted by Gasteiger charge is 2.15. The van der Waals surface area contributed by atoms with Crippen molar-refractivity contribution in [3.05, 3.63) is 82.7 Å². The van der Waals surface area contributed by atoms with Gasteiger partial charge in [-0.05, 0) is 55.0 Å². The van der Waals surface area contributed by atoms with Gasteiger partial charge in [-0.1, -0.05) is 35.6 Å². The second kappa shape index (κ2) is 8.60. The molecule has 1 aromatic heterocycles. The Morgan fingerprint density at radius 2 is 1.72 bits per heavy atom. The van der Waals surface area contributed by atoms with Crippen LogP contribution in [-0.2, 0) is 17.1 Å². The van der Waals surface area contributed by atoms with E-state index in [0.29, 0.717) is 21.8 Å². The summed E-state index contributed by atoms with van der Waals surface area (Å²) < 4.78 is 35.7. The lowest BCUT2D eigenvalue weighted by Crippen LogP contribution is -2.14. The summed E-state index contributed by atoms with van der Waals surface area (Å²) in [6, 6.07) is 18.1. The van der Waals surface area contributed by atoms with E-state index in [-0.39, 0.29) is 4.90 Å². The summed E-state index contributed by atoms with van der Waals surface area (Å²) in [5, 5.41) is 0. The lowest BCUT2D eigenvalue weighted by atomic mass is 10.2. The number of hydrogen-bond acceptors (Lipinski definition) is 5. The molecular formula is C23H21N3O4S2. The second-order valence-electron chi connectivity index (χ2n) is 7.12. The highest BCUT2D eigenvalue weighted by Crippen LogP contribution is 2.29. The van der Waals surface area contributed by atoms with E-state index in [4.69, 9.17) is 4.74 Å². The fraction of sp³-hybridized carbons (Fsp3) is 0.130. The smallest absolute Gasteiger partial charge is 0.279 e. The largest absolute Gasteiger partial charge is 0.495 e. The number of carbonyl (C=O) groups excluding carboxylic acids is 1. The average molecular weight is 468 g/mol. The molecule has 9 heteroatoms. The van der Waals surface area contributed by atoms with Gasteiger partial charge in [0.1, 0.15) is 11.3 Å². The molecular weight excluding hydrogens is 446 g/mol. The van der Waals surface area contributed by atoms with Crippen LogP contribution in [0.25, 0.3) is 10.2 Å². The Morgan fingerprint density at radius 3 is 2.38 bits per heavy atom. The molecule has 0 atom stereocenters. The van der Waals surface area contributed by atoms with Crippen molar-refractivity contribution in [3.63, 3.8) is 0 Å². The van der Waals surface area contributed by atoms with E-state index in [9.17, 15) is 13.2 Å². The van der Waals surface area contributed by atoms with Crippen molar-refractivity contribution in [2.24, 2.45) is 12.0 Å². The molecule has 7 nitrogen and oxygen atoms in total. The molecule has 0 aliphatic heterocycles. The van der Waals surface area contributed by atoms with Crippen molar-refractivity contribution in [2.45, 2.75) is 11.8 Å². The monoisotopic (exact) mass is 467 g/mol. The van der Waals surface area contributed by atoms with E-state index in [1.165, 1.54) is 23.5 Å². The van der Waals surface area contributed by atoms with Crippen LogP contribution in [0.15, 0.2) is 76.6 Å². The Bertz CT molecular complexity index is 1470. The molecule has 4 aromatic rings. The number of thiazole rings is 1. The van der Waals surface area contributed by atoms with E-state index in [0.717, 1.165) is 15.8 Å². The van der Waals surface area contributed by atoms with Crippen molar-refractivity contribution in [1.29, 1.82) is 0 Å². The SMILES string of the molecule is COc1ccc(C)c2sc(=NC(=O)c3ccc(NS(=O)(=O)c4ccccc4)cc3)n(C)c12. The maximum absolute atomic E-state index is 12.8. The predicted octanol–water partition coefficient (Wildman–Crippen LogP) is 4.10. The zero-order valence-electron chi connectivity index (χ0n) is 17.7. The number of fused-ring (bicyclic) bond motifs is 1. The number of carbonyl (C=O) groups is 1. The van der Waals surface area contributed by atoms with Gasteiger partial charge in [0, 0.05) is 18.3 Å². The summed E-state index contributed by atoms with van der Waals surface area (Å²) in [6.07, 6.45) is 0. The van der Waals surface area contributed by atoms with Gasteiger partial charge in [-0.3, -0.25) is 9.52 Å². The van der Waals surface area contributed by atoms with Gasteiger partial charge in [0.15, 0.2) is 4.80 Å². The molecule has 0 saturated heterocycles. The Labute approximate surface area is 189 Å². The summed E-state index contributed by atoms with van der Waals surface area (Å²) in [4.78, 5) is 17.8. The number of methoxy groups -OCH3 is 1. The third-order valence-electron chi connectivity index (χ3n) is 4.96. The van der Waals surface area contributed by atoms with Crippen LogP contribution in [0.1, 0.15) is 15.9 Å². The molecule has 0 saturated carbocycles. The van der Waals surface area contributed by atoms with Gasteiger partial charge in [-0.25, -0.2) is 8.42 Å². The van der Waals surface area contributed by atoms with Crippen LogP contribution in [-0.4, -0.2) is 26.0 Å². The van der Waals surface area contributed by atoms with Crippen molar-refractivity contribution < 1.29 is 17.9 Å². The summed E-state index contributed by atoms with van der Waals surface area (Å²) in [7, 11) is -0.248. The molecule has 164 valence electrons. The minimum Gasteiger partial charge on any atom is -0.495 e. The Balaban J connectivity index is 1.62. The number of hydrogen-bond donors (Lipinski definition) is 1. The first kappa shape index (κ1) is 21.8. The molecule has 0 unspecified atom stereocenters. The minimum absolute atomic E-state index is 0.165. The third-order valence-corrected chi connectivity index (χ3v) is 7.63. The fourth-order valence-corrected chi connectivity index (χ4v) is 5.45. The zero-order valence-corrected chi connectivity index (χ0v) is 19.3. The summed E-state index contributed by atoms with van der Waals surface area (Å²) >= 11 is 1.42. The molecule has 0 radical (unpaired) electrons. The van der Waals surface area contributed by atoms with Gasteiger partial charge >= 0.3 is 0 Å². The molecule has 3 aromatic carbocycles. The highest BCUT2D eigenvalue weighted by molar-refractivity contribution is 7.92. The molecule has 1 amide bonds. The van der Waals surface area contributed by atoms with E-state index < -0.39 is 15.9 Å². The molecule has 0 aliphatic rings. The van der Waals surface area contributed by atoms with Gasteiger partial charge in [-0.15, -0.1) is 0 Å². The Hall–Kier alpha value is -3.43. The van der Waals surface area contributed by atoms with Crippen LogP contribution in [0.3, 0.4) is 0 Å². The van der Waals surface area contributed by atoms with Crippen molar-refractivity contribution in [3.8, 4) is 5.75 Å². The summed E-state index contributed by atoms with van der Waals surface area (Å²) in [5.74, 6) is 0.301. The van der Waals surface area contributed by atoms with Crippen LogP contribution in [0, 0.1) is 6.92 Å². The molecule has 32 heavy (non-hydrogen) atoms. The van der Waals surface area contributed by atoms with Crippen molar-refractivity contribution >= 4 is 43.2 Å². The van der Waals surface area contributed by atoms with Crippen molar-refractivity contribution in [2.75, 3.05) is 11.8 Å². The number of aryl methyl sites for hydroxylation is 2. The lowest BCUT2D eigenvalue weighted by Gasteiger charge is -2.08.